The normalized spacial score (nSPS) is 11.0. The third-order valence-corrected chi connectivity index (χ3v) is 4.90. The lowest BCUT2D eigenvalue weighted by Crippen LogP contribution is -1.91. The van der Waals surface area contributed by atoms with E-state index in [4.69, 9.17) is 5.73 Å². The molecule has 2 heteroatoms. The van der Waals surface area contributed by atoms with Crippen LogP contribution in [0.5, 0.6) is 5.75 Å². The molecule has 0 aliphatic heterocycles. The predicted molar refractivity (Wildman–Crippen MR) is 107 cm³/mol. The summed E-state index contributed by atoms with van der Waals surface area (Å²) >= 11 is 0. The molecule has 0 amide bonds. The van der Waals surface area contributed by atoms with E-state index in [9.17, 15) is 5.11 Å². The molecule has 3 N–H and O–H groups in total. The van der Waals surface area contributed by atoms with Gasteiger partial charge in [-0.25, -0.2) is 0 Å². The molecular weight excluding hydrogens is 294 g/mol. The zero-order valence-electron chi connectivity index (χ0n) is 15.9. The summed E-state index contributed by atoms with van der Waals surface area (Å²) in [7, 11) is 0. The number of nitrogen functional groups attached to an aromatic ring is 1. The maximum absolute atomic E-state index is 9.78. The SMILES string of the molecule is CCCCCCCCCCCCCCCCc1cc(N)ccc1O. The van der Waals surface area contributed by atoms with Crippen LogP contribution in [0.2, 0.25) is 0 Å². The molecular formula is C22H39NO. The molecule has 24 heavy (non-hydrogen) atoms. The number of benzene rings is 1. The zero-order chi connectivity index (χ0) is 17.5. The number of rotatable bonds is 15. The monoisotopic (exact) mass is 333 g/mol. The first kappa shape index (κ1) is 20.9. The quantitative estimate of drug-likeness (QED) is 0.206. The minimum Gasteiger partial charge on any atom is -0.508 e. The van der Waals surface area contributed by atoms with Crippen LogP contribution in [0.3, 0.4) is 0 Å². The van der Waals surface area contributed by atoms with E-state index in [1.807, 2.05) is 6.07 Å². The summed E-state index contributed by atoms with van der Waals surface area (Å²) in [6.45, 7) is 2.28. The van der Waals surface area contributed by atoms with Crippen LogP contribution < -0.4 is 5.73 Å². The van der Waals surface area contributed by atoms with Crippen LogP contribution in [0.15, 0.2) is 18.2 Å². The standard InChI is InChI=1S/C22H39NO/c1-2-3-4-5-6-7-8-9-10-11-12-13-14-15-16-20-19-21(23)17-18-22(20)24/h17-19,24H,2-16,23H2,1H3. The molecule has 0 aliphatic carbocycles. The van der Waals surface area contributed by atoms with E-state index in [0.717, 1.165) is 24.1 Å². The number of nitrogens with two attached hydrogens (primary N) is 1. The predicted octanol–water partition coefficient (Wildman–Crippen LogP) is 7.00. The summed E-state index contributed by atoms with van der Waals surface area (Å²) in [6, 6.07) is 5.36. The Balaban J connectivity index is 1.85. The molecule has 1 rings (SSSR count). The number of anilines is 1. The number of aromatic hydroxyl groups is 1. The van der Waals surface area contributed by atoms with Gasteiger partial charge in [0.25, 0.3) is 0 Å². The van der Waals surface area contributed by atoms with Crippen molar-refractivity contribution >= 4 is 5.69 Å². The van der Waals surface area contributed by atoms with E-state index in [-0.39, 0.29) is 0 Å². The fourth-order valence-electron chi connectivity index (χ4n) is 3.32. The molecule has 0 atom stereocenters. The van der Waals surface area contributed by atoms with E-state index in [1.54, 1.807) is 12.1 Å². The molecule has 0 aliphatic rings. The van der Waals surface area contributed by atoms with Crippen LogP contribution in [-0.4, -0.2) is 5.11 Å². The van der Waals surface area contributed by atoms with Gasteiger partial charge >= 0.3 is 0 Å². The van der Waals surface area contributed by atoms with Gasteiger partial charge in [-0.15, -0.1) is 0 Å². The average Bonchev–Trinajstić information content (AvgIpc) is 2.58. The van der Waals surface area contributed by atoms with Crippen LogP contribution >= 0.6 is 0 Å². The lowest BCUT2D eigenvalue weighted by molar-refractivity contribution is 0.466. The van der Waals surface area contributed by atoms with Gasteiger partial charge in [-0.3, -0.25) is 0 Å². The van der Waals surface area contributed by atoms with Crippen molar-refractivity contribution in [1.82, 2.24) is 0 Å². The largest absolute Gasteiger partial charge is 0.508 e. The summed E-state index contributed by atoms with van der Waals surface area (Å²) in [5.74, 6) is 0.388. The van der Waals surface area contributed by atoms with E-state index < -0.39 is 0 Å². The maximum Gasteiger partial charge on any atom is 0.118 e. The lowest BCUT2D eigenvalue weighted by Gasteiger charge is -2.06. The zero-order valence-corrected chi connectivity index (χ0v) is 15.9. The Bertz CT molecular complexity index is 416. The second-order valence-electron chi connectivity index (χ2n) is 7.23. The molecule has 0 saturated heterocycles. The molecule has 0 fully saturated rings. The summed E-state index contributed by atoms with van der Waals surface area (Å²) in [6.07, 6.45) is 20.2. The van der Waals surface area contributed by atoms with Crippen LogP contribution in [0, 0.1) is 0 Å². The number of unbranched alkanes of at least 4 members (excludes halogenated alkanes) is 13. The van der Waals surface area contributed by atoms with Gasteiger partial charge in [-0.1, -0.05) is 90.4 Å². The average molecular weight is 334 g/mol. The number of hydrogen-bond acceptors (Lipinski definition) is 2. The summed E-state index contributed by atoms with van der Waals surface area (Å²) in [5.41, 5.74) is 7.50. The Labute approximate surface area is 149 Å². The van der Waals surface area contributed by atoms with Crippen LogP contribution in [-0.2, 0) is 6.42 Å². The van der Waals surface area contributed by atoms with Gasteiger partial charge in [-0.05, 0) is 36.6 Å². The lowest BCUT2D eigenvalue weighted by atomic mass is 10.0. The fourth-order valence-corrected chi connectivity index (χ4v) is 3.32. The number of phenolic OH excluding ortho intramolecular Hbond substituents is 1. The molecule has 0 unspecified atom stereocenters. The fraction of sp³-hybridized carbons (Fsp3) is 0.727. The minimum atomic E-state index is 0.388. The highest BCUT2D eigenvalue weighted by atomic mass is 16.3. The Hall–Kier alpha value is -1.18. The van der Waals surface area contributed by atoms with E-state index in [0.29, 0.717) is 5.75 Å². The summed E-state index contributed by atoms with van der Waals surface area (Å²) in [4.78, 5) is 0. The minimum absolute atomic E-state index is 0.388. The molecule has 1 aromatic rings. The smallest absolute Gasteiger partial charge is 0.118 e. The van der Waals surface area contributed by atoms with E-state index in [1.165, 1.54) is 83.5 Å². The van der Waals surface area contributed by atoms with Crippen molar-refractivity contribution in [3.63, 3.8) is 0 Å². The maximum atomic E-state index is 9.78. The van der Waals surface area contributed by atoms with Gasteiger partial charge in [0.2, 0.25) is 0 Å². The highest BCUT2D eigenvalue weighted by molar-refractivity contribution is 5.47. The van der Waals surface area contributed by atoms with Crippen molar-refractivity contribution in [3.8, 4) is 5.75 Å². The number of phenols is 1. The van der Waals surface area contributed by atoms with Crippen LogP contribution in [0.1, 0.15) is 102 Å². The topological polar surface area (TPSA) is 46.2 Å². The van der Waals surface area contributed by atoms with Gasteiger partial charge in [-0.2, -0.15) is 0 Å². The Morgan fingerprint density at radius 1 is 0.708 bits per heavy atom. The van der Waals surface area contributed by atoms with Gasteiger partial charge in [0.15, 0.2) is 0 Å². The summed E-state index contributed by atoms with van der Waals surface area (Å²) in [5, 5.41) is 9.78. The third kappa shape index (κ3) is 10.6. The van der Waals surface area contributed by atoms with Crippen molar-refractivity contribution in [2.45, 2.75) is 103 Å². The number of hydrogen-bond donors (Lipinski definition) is 2. The molecule has 0 aromatic heterocycles. The second kappa shape index (κ2) is 14.2. The van der Waals surface area contributed by atoms with Crippen LogP contribution in [0.4, 0.5) is 5.69 Å². The Morgan fingerprint density at radius 3 is 1.67 bits per heavy atom. The Kier molecular flexibility index (Phi) is 12.3. The van der Waals surface area contributed by atoms with E-state index in [2.05, 4.69) is 6.92 Å². The second-order valence-corrected chi connectivity index (χ2v) is 7.23. The number of aryl methyl sites for hydroxylation is 1. The third-order valence-electron chi connectivity index (χ3n) is 4.90. The van der Waals surface area contributed by atoms with Crippen molar-refractivity contribution in [3.05, 3.63) is 23.8 Å². The Morgan fingerprint density at radius 2 is 1.17 bits per heavy atom. The van der Waals surface area contributed by atoms with Crippen molar-refractivity contribution < 1.29 is 5.11 Å². The van der Waals surface area contributed by atoms with Gasteiger partial charge in [0.1, 0.15) is 5.75 Å². The molecule has 138 valence electrons. The first-order valence-electron chi connectivity index (χ1n) is 10.3. The molecule has 0 spiro atoms. The first-order valence-corrected chi connectivity index (χ1v) is 10.3. The summed E-state index contributed by atoms with van der Waals surface area (Å²) < 4.78 is 0. The molecule has 0 heterocycles. The van der Waals surface area contributed by atoms with Crippen molar-refractivity contribution in [2.75, 3.05) is 5.73 Å². The van der Waals surface area contributed by atoms with E-state index >= 15 is 0 Å². The van der Waals surface area contributed by atoms with Crippen LogP contribution in [0.25, 0.3) is 0 Å². The molecule has 1 aromatic carbocycles. The highest BCUT2D eigenvalue weighted by Gasteiger charge is 2.01. The highest BCUT2D eigenvalue weighted by Crippen LogP contribution is 2.22. The van der Waals surface area contributed by atoms with Crippen molar-refractivity contribution in [1.29, 1.82) is 0 Å². The van der Waals surface area contributed by atoms with Crippen molar-refractivity contribution in [2.24, 2.45) is 0 Å². The molecule has 0 saturated carbocycles. The molecule has 0 bridgehead atoms. The van der Waals surface area contributed by atoms with Gasteiger partial charge < -0.3 is 10.8 Å². The molecule has 2 nitrogen and oxygen atoms in total. The first-order chi connectivity index (χ1) is 11.7. The molecule has 0 radical (unpaired) electrons. The van der Waals surface area contributed by atoms with Gasteiger partial charge in [0.05, 0.1) is 0 Å². The van der Waals surface area contributed by atoms with Gasteiger partial charge in [0, 0.05) is 5.69 Å².